The second kappa shape index (κ2) is 8.17. The fourth-order valence-corrected chi connectivity index (χ4v) is 2.40. The molecule has 0 radical (unpaired) electrons. The summed E-state index contributed by atoms with van der Waals surface area (Å²) in [7, 11) is 0. The zero-order valence-corrected chi connectivity index (χ0v) is 15.0. The average molecular weight is 379 g/mol. The van der Waals surface area contributed by atoms with Crippen LogP contribution in [0.1, 0.15) is 18.1 Å². The molecule has 2 amide bonds. The maximum absolute atomic E-state index is 12.1. The SMILES string of the molecule is CC(=O)Nc1ccc(C2=N/C(=C\c3ccc(OCC(N)=O)cc3)C(=O)O2)cc1. The highest BCUT2D eigenvalue weighted by Gasteiger charge is 2.24. The fraction of sp³-hybridized carbons (Fsp3) is 0.100. The van der Waals surface area contributed by atoms with Crippen molar-refractivity contribution in [1.82, 2.24) is 0 Å². The van der Waals surface area contributed by atoms with E-state index in [9.17, 15) is 14.4 Å². The van der Waals surface area contributed by atoms with Gasteiger partial charge in [0.05, 0.1) is 0 Å². The van der Waals surface area contributed by atoms with Crippen LogP contribution in [-0.4, -0.2) is 30.3 Å². The number of hydrogen-bond donors (Lipinski definition) is 2. The molecule has 0 aliphatic carbocycles. The number of benzene rings is 2. The van der Waals surface area contributed by atoms with Gasteiger partial charge < -0.3 is 20.5 Å². The summed E-state index contributed by atoms with van der Waals surface area (Å²) in [4.78, 5) is 38.1. The van der Waals surface area contributed by atoms with Crippen molar-refractivity contribution in [1.29, 1.82) is 0 Å². The number of hydrogen-bond acceptors (Lipinski definition) is 6. The summed E-state index contributed by atoms with van der Waals surface area (Å²) in [5, 5.41) is 2.66. The van der Waals surface area contributed by atoms with Crippen LogP contribution in [0.4, 0.5) is 5.69 Å². The van der Waals surface area contributed by atoms with Crippen molar-refractivity contribution in [3.8, 4) is 5.75 Å². The Balaban J connectivity index is 1.74. The summed E-state index contributed by atoms with van der Waals surface area (Å²) in [5.41, 5.74) is 7.15. The minimum Gasteiger partial charge on any atom is -0.484 e. The molecular weight excluding hydrogens is 362 g/mol. The molecule has 2 aromatic rings. The van der Waals surface area contributed by atoms with Crippen molar-refractivity contribution < 1.29 is 23.9 Å². The monoisotopic (exact) mass is 379 g/mol. The van der Waals surface area contributed by atoms with Gasteiger partial charge in [0.15, 0.2) is 12.3 Å². The average Bonchev–Trinajstić information content (AvgIpc) is 3.02. The summed E-state index contributed by atoms with van der Waals surface area (Å²) in [6.45, 7) is 1.21. The second-order valence-electron chi connectivity index (χ2n) is 5.92. The predicted octanol–water partition coefficient (Wildman–Crippen LogP) is 1.85. The van der Waals surface area contributed by atoms with Crippen LogP contribution < -0.4 is 15.8 Å². The largest absolute Gasteiger partial charge is 0.484 e. The number of nitrogens with zero attached hydrogens (tertiary/aromatic N) is 1. The quantitative estimate of drug-likeness (QED) is 0.586. The van der Waals surface area contributed by atoms with Gasteiger partial charge in [0.2, 0.25) is 11.8 Å². The normalized spacial score (nSPS) is 14.4. The summed E-state index contributed by atoms with van der Waals surface area (Å²) in [6, 6.07) is 13.5. The van der Waals surface area contributed by atoms with Gasteiger partial charge in [-0.15, -0.1) is 0 Å². The van der Waals surface area contributed by atoms with E-state index in [1.165, 1.54) is 6.92 Å². The van der Waals surface area contributed by atoms with Crippen LogP contribution >= 0.6 is 0 Å². The number of nitrogens with one attached hydrogen (secondary N) is 1. The first-order chi connectivity index (χ1) is 13.4. The molecule has 1 aliphatic heterocycles. The predicted molar refractivity (Wildman–Crippen MR) is 102 cm³/mol. The third kappa shape index (κ3) is 4.82. The van der Waals surface area contributed by atoms with Gasteiger partial charge in [0, 0.05) is 18.2 Å². The molecule has 1 aliphatic rings. The molecular formula is C20H17N3O5. The lowest BCUT2D eigenvalue weighted by atomic mass is 10.2. The fourth-order valence-electron chi connectivity index (χ4n) is 2.40. The highest BCUT2D eigenvalue weighted by atomic mass is 16.6. The van der Waals surface area contributed by atoms with Gasteiger partial charge in [-0.25, -0.2) is 9.79 Å². The van der Waals surface area contributed by atoms with Gasteiger partial charge in [-0.3, -0.25) is 9.59 Å². The Morgan fingerprint density at radius 3 is 2.43 bits per heavy atom. The van der Waals surface area contributed by atoms with E-state index in [-0.39, 0.29) is 24.1 Å². The number of nitrogens with two attached hydrogens (primary N) is 1. The minimum absolute atomic E-state index is 0.159. The minimum atomic E-state index is -0.563. The number of rotatable bonds is 6. The third-order valence-electron chi connectivity index (χ3n) is 3.64. The lowest BCUT2D eigenvalue weighted by Gasteiger charge is -2.03. The molecule has 0 saturated heterocycles. The molecule has 0 spiro atoms. The Labute approximate surface area is 160 Å². The second-order valence-corrected chi connectivity index (χ2v) is 5.92. The molecule has 0 saturated carbocycles. The van der Waals surface area contributed by atoms with Crippen molar-refractivity contribution in [2.45, 2.75) is 6.92 Å². The number of amides is 2. The number of ether oxygens (including phenoxy) is 2. The molecule has 0 aromatic heterocycles. The first-order valence-corrected chi connectivity index (χ1v) is 8.32. The van der Waals surface area contributed by atoms with E-state index >= 15 is 0 Å². The van der Waals surface area contributed by atoms with Crippen molar-refractivity contribution in [3.63, 3.8) is 0 Å². The number of anilines is 1. The van der Waals surface area contributed by atoms with Crippen molar-refractivity contribution in [3.05, 3.63) is 65.4 Å². The molecule has 0 bridgehead atoms. The third-order valence-corrected chi connectivity index (χ3v) is 3.64. The standard InChI is InChI=1S/C20H17N3O5/c1-12(24)22-15-6-4-14(5-7-15)19-23-17(20(26)28-19)10-13-2-8-16(9-3-13)27-11-18(21)25/h2-10H,11H2,1H3,(H2,21,25)(H,22,24)/b17-10-. The number of esters is 1. The van der Waals surface area contributed by atoms with Gasteiger partial charge >= 0.3 is 5.97 Å². The summed E-state index contributed by atoms with van der Waals surface area (Å²) in [5.74, 6) is -0.624. The van der Waals surface area contributed by atoms with Gasteiger partial charge in [-0.1, -0.05) is 12.1 Å². The summed E-state index contributed by atoms with van der Waals surface area (Å²) < 4.78 is 10.4. The molecule has 8 nitrogen and oxygen atoms in total. The first-order valence-electron chi connectivity index (χ1n) is 8.32. The van der Waals surface area contributed by atoms with E-state index in [0.717, 1.165) is 0 Å². The Hall–Kier alpha value is -3.94. The zero-order chi connectivity index (χ0) is 20.1. The molecule has 3 N–H and O–H groups in total. The van der Waals surface area contributed by atoms with Crippen molar-refractivity contribution >= 4 is 35.4 Å². The van der Waals surface area contributed by atoms with E-state index in [1.807, 2.05) is 0 Å². The molecule has 0 atom stereocenters. The lowest BCUT2D eigenvalue weighted by Crippen LogP contribution is -2.19. The molecule has 0 fully saturated rings. The molecule has 28 heavy (non-hydrogen) atoms. The molecule has 142 valence electrons. The number of carbonyl (C=O) groups is 3. The van der Waals surface area contributed by atoms with Gasteiger partial charge in [0.25, 0.3) is 5.91 Å². The lowest BCUT2D eigenvalue weighted by molar-refractivity contribution is -0.130. The van der Waals surface area contributed by atoms with E-state index < -0.39 is 11.9 Å². The maximum Gasteiger partial charge on any atom is 0.363 e. The maximum atomic E-state index is 12.1. The highest BCUT2D eigenvalue weighted by molar-refractivity contribution is 6.13. The van der Waals surface area contributed by atoms with Crippen molar-refractivity contribution in [2.75, 3.05) is 11.9 Å². The molecule has 3 rings (SSSR count). The number of primary amides is 1. The Morgan fingerprint density at radius 2 is 1.82 bits per heavy atom. The van der Waals surface area contributed by atoms with Crippen LogP contribution in [0.15, 0.2) is 59.2 Å². The van der Waals surface area contributed by atoms with Gasteiger partial charge in [-0.05, 0) is 48.0 Å². The van der Waals surface area contributed by atoms with Crippen LogP contribution in [0.25, 0.3) is 6.08 Å². The number of aliphatic imine (C=N–C) groups is 1. The van der Waals surface area contributed by atoms with Crippen molar-refractivity contribution in [2.24, 2.45) is 10.7 Å². The molecule has 0 unspecified atom stereocenters. The van der Waals surface area contributed by atoms with Crippen LogP contribution in [0, 0.1) is 0 Å². The van der Waals surface area contributed by atoms with Crippen LogP contribution in [-0.2, 0) is 19.1 Å². The number of cyclic esters (lactones) is 1. The van der Waals surface area contributed by atoms with E-state index in [4.69, 9.17) is 15.2 Å². The van der Waals surface area contributed by atoms with Crippen LogP contribution in [0.3, 0.4) is 0 Å². The first kappa shape index (κ1) is 18.8. The topological polar surface area (TPSA) is 120 Å². The summed E-state index contributed by atoms with van der Waals surface area (Å²) in [6.07, 6.45) is 1.58. The Bertz CT molecular complexity index is 976. The molecule has 8 heteroatoms. The van der Waals surface area contributed by atoms with Gasteiger partial charge in [-0.2, -0.15) is 0 Å². The van der Waals surface area contributed by atoms with E-state index in [0.29, 0.717) is 22.6 Å². The molecule has 2 aromatic carbocycles. The Morgan fingerprint density at radius 1 is 1.14 bits per heavy atom. The van der Waals surface area contributed by atoms with E-state index in [1.54, 1.807) is 54.6 Å². The van der Waals surface area contributed by atoms with Gasteiger partial charge in [0.1, 0.15) is 5.75 Å². The van der Waals surface area contributed by atoms with E-state index in [2.05, 4.69) is 10.3 Å². The highest BCUT2D eigenvalue weighted by Crippen LogP contribution is 2.21. The van der Waals surface area contributed by atoms with Crippen LogP contribution in [0.5, 0.6) is 5.75 Å². The summed E-state index contributed by atoms with van der Waals surface area (Å²) >= 11 is 0. The smallest absolute Gasteiger partial charge is 0.363 e. The number of carbonyl (C=O) groups excluding carboxylic acids is 3. The zero-order valence-electron chi connectivity index (χ0n) is 15.0. The Kier molecular flexibility index (Phi) is 5.50. The van der Waals surface area contributed by atoms with Crippen LogP contribution in [0.2, 0.25) is 0 Å². The molecule has 1 heterocycles.